The fourth-order valence-electron chi connectivity index (χ4n) is 2.67. The first-order valence-electron chi connectivity index (χ1n) is 7.67. The molecule has 0 saturated carbocycles. The van der Waals surface area contributed by atoms with Gasteiger partial charge in [0.15, 0.2) is 5.16 Å². The van der Waals surface area contributed by atoms with Crippen molar-refractivity contribution in [3.8, 4) is 0 Å². The van der Waals surface area contributed by atoms with Gasteiger partial charge in [-0.25, -0.2) is 4.98 Å². The SMILES string of the molecule is O=C1OCCC1Sc1nc2cc(Cl)ccc2c(=O)n1Cc1ccco1. The van der Waals surface area contributed by atoms with Crippen LogP contribution in [0.5, 0.6) is 0 Å². The molecule has 0 amide bonds. The molecule has 1 aromatic carbocycles. The Kier molecular flexibility index (Phi) is 4.27. The predicted molar refractivity (Wildman–Crippen MR) is 94.0 cm³/mol. The van der Waals surface area contributed by atoms with Crippen LogP contribution in [0.15, 0.2) is 51.0 Å². The molecule has 1 aliphatic heterocycles. The highest BCUT2D eigenvalue weighted by Crippen LogP contribution is 2.29. The summed E-state index contributed by atoms with van der Waals surface area (Å²) in [7, 11) is 0. The number of fused-ring (bicyclic) bond motifs is 1. The molecule has 8 heteroatoms. The van der Waals surface area contributed by atoms with Crippen LogP contribution in [0, 0.1) is 0 Å². The van der Waals surface area contributed by atoms with Crippen LogP contribution in [0.25, 0.3) is 10.9 Å². The molecule has 0 bridgehead atoms. The van der Waals surface area contributed by atoms with Gasteiger partial charge >= 0.3 is 5.97 Å². The lowest BCUT2D eigenvalue weighted by Crippen LogP contribution is -2.25. The number of furan rings is 1. The Morgan fingerprint density at radius 3 is 2.92 bits per heavy atom. The van der Waals surface area contributed by atoms with Gasteiger partial charge in [-0.2, -0.15) is 0 Å². The average molecular weight is 377 g/mol. The zero-order chi connectivity index (χ0) is 17.4. The number of ether oxygens (including phenoxy) is 1. The van der Waals surface area contributed by atoms with E-state index in [0.717, 1.165) is 0 Å². The molecule has 2 aromatic heterocycles. The number of rotatable bonds is 4. The van der Waals surface area contributed by atoms with Crippen molar-refractivity contribution in [1.29, 1.82) is 0 Å². The predicted octanol–water partition coefficient (Wildman–Crippen LogP) is 3.10. The number of carbonyl (C=O) groups is 1. The van der Waals surface area contributed by atoms with Gasteiger partial charge in [-0.15, -0.1) is 0 Å². The second-order valence-corrected chi connectivity index (χ2v) is 7.20. The van der Waals surface area contributed by atoms with Crippen LogP contribution in [0.1, 0.15) is 12.2 Å². The van der Waals surface area contributed by atoms with E-state index < -0.39 is 0 Å². The molecule has 128 valence electrons. The van der Waals surface area contributed by atoms with E-state index in [0.29, 0.717) is 39.9 Å². The minimum atomic E-state index is -0.369. The van der Waals surface area contributed by atoms with Crippen molar-refractivity contribution in [2.45, 2.75) is 23.4 Å². The molecule has 1 saturated heterocycles. The van der Waals surface area contributed by atoms with Crippen LogP contribution in [-0.4, -0.2) is 27.4 Å². The number of halogens is 1. The Labute approximate surface area is 151 Å². The molecule has 0 spiro atoms. The fraction of sp³-hybridized carbons (Fsp3) is 0.235. The van der Waals surface area contributed by atoms with Crippen LogP contribution in [0.3, 0.4) is 0 Å². The van der Waals surface area contributed by atoms with Crippen molar-refractivity contribution in [2.24, 2.45) is 0 Å². The normalized spacial score (nSPS) is 17.2. The second kappa shape index (κ2) is 6.57. The molecule has 0 radical (unpaired) electrons. The number of aromatic nitrogens is 2. The standard InChI is InChI=1S/C17H13ClN2O4S/c18-10-3-4-12-13(8-10)19-17(25-14-5-7-24-16(14)22)20(15(12)21)9-11-2-1-6-23-11/h1-4,6,8,14H,5,7,9H2. The first-order chi connectivity index (χ1) is 12.1. The van der Waals surface area contributed by atoms with Crippen LogP contribution in [0.4, 0.5) is 0 Å². The number of esters is 1. The summed E-state index contributed by atoms with van der Waals surface area (Å²) in [6, 6.07) is 8.51. The van der Waals surface area contributed by atoms with Gasteiger partial charge in [0.25, 0.3) is 5.56 Å². The summed E-state index contributed by atoms with van der Waals surface area (Å²) < 4.78 is 11.9. The highest BCUT2D eigenvalue weighted by molar-refractivity contribution is 8.00. The number of hydrogen-bond acceptors (Lipinski definition) is 6. The first-order valence-corrected chi connectivity index (χ1v) is 8.93. The molecule has 0 N–H and O–H groups in total. The molecular formula is C17H13ClN2O4S. The number of hydrogen-bond donors (Lipinski definition) is 0. The maximum absolute atomic E-state index is 13.0. The Bertz CT molecular complexity index is 1000. The van der Waals surface area contributed by atoms with Crippen molar-refractivity contribution in [3.63, 3.8) is 0 Å². The maximum Gasteiger partial charge on any atom is 0.319 e. The van der Waals surface area contributed by atoms with E-state index in [9.17, 15) is 9.59 Å². The number of benzene rings is 1. The van der Waals surface area contributed by atoms with Crippen LogP contribution < -0.4 is 5.56 Å². The minimum absolute atomic E-state index is 0.202. The molecule has 25 heavy (non-hydrogen) atoms. The minimum Gasteiger partial charge on any atom is -0.467 e. The molecule has 1 fully saturated rings. The Morgan fingerprint density at radius 2 is 2.20 bits per heavy atom. The largest absolute Gasteiger partial charge is 0.467 e. The van der Waals surface area contributed by atoms with Crippen molar-refractivity contribution >= 4 is 40.2 Å². The van der Waals surface area contributed by atoms with E-state index in [1.54, 1.807) is 36.6 Å². The highest BCUT2D eigenvalue weighted by atomic mass is 35.5. The van der Waals surface area contributed by atoms with Gasteiger partial charge in [0.2, 0.25) is 0 Å². The van der Waals surface area contributed by atoms with E-state index in [4.69, 9.17) is 20.8 Å². The van der Waals surface area contributed by atoms with Crippen molar-refractivity contribution in [3.05, 3.63) is 57.7 Å². The molecule has 0 aliphatic carbocycles. The summed E-state index contributed by atoms with van der Waals surface area (Å²) in [5.74, 6) is 0.350. The van der Waals surface area contributed by atoms with Gasteiger partial charge in [0, 0.05) is 11.4 Å². The zero-order valence-electron chi connectivity index (χ0n) is 13.0. The zero-order valence-corrected chi connectivity index (χ0v) is 14.5. The summed E-state index contributed by atoms with van der Waals surface area (Å²) >= 11 is 7.26. The summed E-state index contributed by atoms with van der Waals surface area (Å²) in [6.45, 7) is 0.625. The lowest BCUT2D eigenvalue weighted by molar-refractivity contribution is -0.137. The van der Waals surface area contributed by atoms with Gasteiger partial charge in [0.05, 0.1) is 30.3 Å². The maximum atomic E-state index is 13.0. The molecule has 1 aliphatic rings. The monoisotopic (exact) mass is 376 g/mol. The van der Waals surface area contributed by atoms with Gasteiger partial charge in [0.1, 0.15) is 11.0 Å². The van der Waals surface area contributed by atoms with Crippen LogP contribution in [0.2, 0.25) is 5.02 Å². The third kappa shape index (κ3) is 3.17. The van der Waals surface area contributed by atoms with Crippen molar-refractivity contribution in [1.82, 2.24) is 9.55 Å². The summed E-state index contributed by atoms with van der Waals surface area (Å²) in [6.07, 6.45) is 2.14. The van der Waals surface area contributed by atoms with Gasteiger partial charge in [-0.3, -0.25) is 14.2 Å². The smallest absolute Gasteiger partial charge is 0.319 e. The molecule has 3 aromatic rings. The lowest BCUT2D eigenvalue weighted by Gasteiger charge is -2.13. The fourth-order valence-corrected chi connectivity index (χ4v) is 3.90. The summed E-state index contributed by atoms with van der Waals surface area (Å²) in [5.41, 5.74) is 0.300. The lowest BCUT2D eigenvalue weighted by atomic mass is 10.2. The third-order valence-corrected chi connectivity index (χ3v) is 5.38. The molecule has 1 atom stereocenters. The molecule has 3 heterocycles. The van der Waals surface area contributed by atoms with E-state index >= 15 is 0 Å². The number of cyclic esters (lactones) is 1. The second-order valence-electron chi connectivity index (χ2n) is 5.59. The molecular weight excluding hydrogens is 364 g/mol. The van der Waals surface area contributed by atoms with Gasteiger partial charge in [-0.1, -0.05) is 23.4 Å². The number of carbonyl (C=O) groups excluding carboxylic acids is 1. The van der Waals surface area contributed by atoms with Crippen LogP contribution >= 0.6 is 23.4 Å². The summed E-state index contributed by atoms with van der Waals surface area (Å²) in [4.78, 5) is 29.3. The number of nitrogens with zero attached hydrogens (tertiary/aromatic N) is 2. The van der Waals surface area contributed by atoms with Crippen LogP contribution in [-0.2, 0) is 16.1 Å². The van der Waals surface area contributed by atoms with E-state index in [1.165, 1.54) is 16.3 Å². The molecule has 4 rings (SSSR count). The van der Waals surface area contributed by atoms with E-state index in [2.05, 4.69) is 4.98 Å². The molecule has 1 unspecified atom stereocenters. The first kappa shape index (κ1) is 16.2. The highest BCUT2D eigenvalue weighted by Gasteiger charge is 2.29. The van der Waals surface area contributed by atoms with Gasteiger partial charge < -0.3 is 9.15 Å². The Hall–Kier alpha value is -2.25. The van der Waals surface area contributed by atoms with Gasteiger partial charge in [-0.05, 0) is 30.3 Å². The van der Waals surface area contributed by atoms with Crippen molar-refractivity contribution < 1.29 is 13.9 Å². The van der Waals surface area contributed by atoms with E-state index in [1.807, 2.05) is 0 Å². The number of thioether (sulfide) groups is 1. The van der Waals surface area contributed by atoms with E-state index in [-0.39, 0.29) is 23.3 Å². The van der Waals surface area contributed by atoms with Crippen molar-refractivity contribution in [2.75, 3.05) is 6.61 Å². The third-order valence-electron chi connectivity index (χ3n) is 3.91. The Morgan fingerprint density at radius 1 is 1.32 bits per heavy atom. The summed E-state index contributed by atoms with van der Waals surface area (Å²) in [5, 5.41) is 1.04. The quantitative estimate of drug-likeness (QED) is 0.514. The average Bonchev–Trinajstić information content (AvgIpc) is 3.23. The Balaban J connectivity index is 1.84. The topological polar surface area (TPSA) is 74.3 Å². The molecule has 6 nitrogen and oxygen atoms in total.